The van der Waals surface area contributed by atoms with Crippen LogP contribution in [0, 0.1) is 5.82 Å². The minimum Gasteiger partial charge on any atom is -0.379 e. The van der Waals surface area contributed by atoms with Gasteiger partial charge < -0.3 is 9.64 Å². The average molecular weight is 347 g/mol. The average Bonchev–Trinajstić information content (AvgIpc) is 3.05. The van der Waals surface area contributed by atoms with Crippen molar-refractivity contribution in [2.24, 2.45) is 0 Å². The summed E-state index contributed by atoms with van der Waals surface area (Å²) in [5.41, 5.74) is 2.42. The van der Waals surface area contributed by atoms with E-state index >= 15 is 0 Å². The lowest BCUT2D eigenvalue weighted by Crippen LogP contribution is -2.52. The molecule has 2 aliphatic heterocycles. The minimum atomic E-state index is -0.148. The molecular formula is C19H26FN3O2. The molecule has 3 aliphatic rings. The Balaban J connectivity index is 1.32. The number of amides is 1. The summed E-state index contributed by atoms with van der Waals surface area (Å²) < 4.78 is 18.9. The number of hydrogen-bond acceptors (Lipinski definition) is 4. The van der Waals surface area contributed by atoms with Gasteiger partial charge in [0.2, 0.25) is 5.91 Å². The van der Waals surface area contributed by atoms with Crippen molar-refractivity contribution < 1.29 is 13.9 Å². The van der Waals surface area contributed by atoms with Crippen LogP contribution in [0.4, 0.5) is 4.39 Å². The molecule has 0 radical (unpaired) electrons. The van der Waals surface area contributed by atoms with E-state index in [4.69, 9.17) is 4.74 Å². The predicted octanol–water partition coefficient (Wildman–Crippen LogP) is 1.29. The monoisotopic (exact) mass is 347 g/mol. The van der Waals surface area contributed by atoms with E-state index in [0.717, 1.165) is 70.9 Å². The Morgan fingerprint density at radius 2 is 1.88 bits per heavy atom. The highest BCUT2D eigenvalue weighted by Crippen LogP contribution is 2.36. The van der Waals surface area contributed by atoms with Gasteiger partial charge in [-0.3, -0.25) is 14.6 Å². The smallest absolute Gasteiger partial charge is 0.236 e. The van der Waals surface area contributed by atoms with Gasteiger partial charge in [-0.25, -0.2) is 4.39 Å². The fourth-order valence-electron chi connectivity index (χ4n) is 4.26. The van der Waals surface area contributed by atoms with Crippen LogP contribution < -0.4 is 0 Å². The van der Waals surface area contributed by atoms with Gasteiger partial charge in [0, 0.05) is 45.3 Å². The maximum atomic E-state index is 13.6. The Morgan fingerprint density at radius 3 is 2.64 bits per heavy atom. The molecule has 0 aromatic heterocycles. The van der Waals surface area contributed by atoms with E-state index in [1.165, 1.54) is 5.56 Å². The molecule has 1 aromatic rings. The lowest BCUT2D eigenvalue weighted by Gasteiger charge is -2.39. The first-order chi connectivity index (χ1) is 12.2. The van der Waals surface area contributed by atoms with Crippen molar-refractivity contribution in [3.05, 3.63) is 35.1 Å². The van der Waals surface area contributed by atoms with Gasteiger partial charge in [0.25, 0.3) is 0 Å². The Bertz CT molecular complexity index is 625. The summed E-state index contributed by atoms with van der Waals surface area (Å²) in [5, 5.41) is 0. The van der Waals surface area contributed by atoms with Crippen molar-refractivity contribution >= 4 is 5.91 Å². The molecule has 136 valence electrons. The highest BCUT2D eigenvalue weighted by Gasteiger charge is 2.31. The van der Waals surface area contributed by atoms with Crippen LogP contribution >= 0.6 is 0 Å². The molecule has 1 atom stereocenters. The summed E-state index contributed by atoms with van der Waals surface area (Å²) in [6.07, 6.45) is 2.08. The third-order valence-corrected chi connectivity index (χ3v) is 5.72. The second kappa shape index (κ2) is 7.40. The van der Waals surface area contributed by atoms with Crippen molar-refractivity contribution in [2.45, 2.75) is 18.9 Å². The van der Waals surface area contributed by atoms with E-state index in [1.54, 1.807) is 12.1 Å². The number of ether oxygens (including phenoxy) is 1. The molecule has 2 fully saturated rings. The second-order valence-electron chi connectivity index (χ2n) is 7.20. The first-order valence-corrected chi connectivity index (χ1v) is 9.31. The molecule has 2 saturated heterocycles. The number of morpholine rings is 1. The third kappa shape index (κ3) is 3.71. The van der Waals surface area contributed by atoms with E-state index in [0.29, 0.717) is 12.6 Å². The molecule has 2 heterocycles. The van der Waals surface area contributed by atoms with Crippen LogP contribution in [0.1, 0.15) is 23.6 Å². The normalized spacial score (nSPS) is 25.2. The summed E-state index contributed by atoms with van der Waals surface area (Å²) in [4.78, 5) is 19.1. The highest BCUT2D eigenvalue weighted by atomic mass is 19.1. The van der Waals surface area contributed by atoms with Crippen LogP contribution in [0.2, 0.25) is 0 Å². The molecule has 4 rings (SSSR count). The Morgan fingerprint density at radius 1 is 1.12 bits per heavy atom. The molecular weight excluding hydrogens is 321 g/mol. The molecule has 1 amide bonds. The summed E-state index contributed by atoms with van der Waals surface area (Å²) in [5.74, 6) is 0.0735. The van der Waals surface area contributed by atoms with E-state index in [1.807, 2.05) is 11.0 Å². The number of fused-ring (bicyclic) bond motifs is 1. The molecule has 25 heavy (non-hydrogen) atoms. The predicted molar refractivity (Wildman–Crippen MR) is 92.9 cm³/mol. The molecule has 5 nitrogen and oxygen atoms in total. The van der Waals surface area contributed by atoms with Crippen molar-refractivity contribution in [1.29, 1.82) is 0 Å². The number of carbonyl (C=O) groups excluding carboxylic acids is 1. The van der Waals surface area contributed by atoms with Gasteiger partial charge in [-0.15, -0.1) is 0 Å². The fraction of sp³-hybridized carbons (Fsp3) is 0.632. The topological polar surface area (TPSA) is 36.0 Å². The summed E-state index contributed by atoms with van der Waals surface area (Å²) in [6, 6.07) is 5.49. The van der Waals surface area contributed by atoms with E-state index in [-0.39, 0.29) is 11.7 Å². The first-order valence-electron chi connectivity index (χ1n) is 9.31. The van der Waals surface area contributed by atoms with Crippen LogP contribution in [0.25, 0.3) is 0 Å². The Labute approximate surface area is 148 Å². The maximum Gasteiger partial charge on any atom is 0.236 e. The zero-order chi connectivity index (χ0) is 17.2. The number of carbonyl (C=O) groups is 1. The number of aryl methyl sites for hydroxylation is 1. The molecule has 1 aliphatic carbocycles. The van der Waals surface area contributed by atoms with Gasteiger partial charge >= 0.3 is 0 Å². The van der Waals surface area contributed by atoms with Gasteiger partial charge in [0.15, 0.2) is 0 Å². The number of benzene rings is 1. The summed E-state index contributed by atoms with van der Waals surface area (Å²) in [6.45, 7) is 6.91. The van der Waals surface area contributed by atoms with Gasteiger partial charge in [-0.2, -0.15) is 0 Å². The van der Waals surface area contributed by atoms with E-state index in [2.05, 4.69) is 9.80 Å². The number of nitrogens with zero attached hydrogens (tertiary/aromatic N) is 3. The molecule has 0 N–H and O–H groups in total. The van der Waals surface area contributed by atoms with Gasteiger partial charge in [-0.1, -0.05) is 6.07 Å². The number of hydrogen-bond donors (Lipinski definition) is 0. The molecule has 0 bridgehead atoms. The largest absolute Gasteiger partial charge is 0.379 e. The van der Waals surface area contributed by atoms with Crippen LogP contribution in [0.3, 0.4) is 0 Å². The third-order valence-electron chi connectivity index (χ3n) is 5.72. The minimum absolute atomic E-state index is 0.148. The summed E-state index contributed by atoms with van der Waals surface area (Å²) in [7, 11) is 0. The maximum absolute atomic E-state index is 13.6. The van der Waals surface area contributed by atoms with Crippen molar-refractivity contribution in [3.63, 3.8) is 0 Å². The molecule has 0 saturated carbocycles. The quantitative estimate of drug-likeness (QED) is 0.826. The standard InChI is InChI=1S/C19H26FN3O2/c20-16-3-1-15-2-4-18(17(15)13-16)22-5-7-23(8-6-22)19(24)14-21-9-11-25-12-10-21/h1,3,13,18H,2,4-12,14H2/t18-/m1/s1. The summed E-state index contributed by atoms with van der Waals surface area (Å²) >= 11 is 0. The first kappa shape index (κ1) is 16.9. The van der Waals surface area contributed by atoms with Crippen LogP contribution in [-0.4, -0.2) is 79.6 Å². The van der Waals surface area contributed by atoms with Crippen molar-refractivity contribution in [1.82, 2.24) is 14.7 Å². The molecule has 1 aromatic carbocycles. The zero-order valence-electron chi connectivity index (χ0n) is 14.6. The molecule has 6 heteroatoms. The second-order valence-corrected chi connectivity index (χ2v) is 7.20. The zero-order valence-corrected chi connectivity index (χ0v) is 14.6. The van der Waals surface area contributed by atoms with Crippen LogP contribution in [0.5, 0.6) is 0 Å². The van der Waals surface area contributed by atoms with Gasteiger partial charge in [0.05, 0.1) is 19.8 Å². The van der Waals surface area contributed by atoms with Gasteiger partial charge in [0.1, 0.15) is 5.82 Å². The lowest BCUT2D eigenvalue weighted by molar-refractivity contribution is -0.135. The number of halogens is 1. The molecule has 0 spiro atoms. The van der Waals surface area contributed by atoms with E-state index < -0.39 is 0 Å². The van der Waals surface area contributed by atoms with Crippen LogP contribution in [0.15, 0.2) is 18.2 Å². The SMILES string of the molecule is O=C(CN1CCOCC1)N1CCN([C@@H]2CCc3ccc(F)cc32)CC1. The molecule has 0 unspecified atom stereocenters. The van der Waals surface area contributed by atoms with E-state index in [9.17, 15) is 9.18 Å². The van der Waals surface area contributed by atoms with Crippen molar-refractivity contribution in [2.75, 3.05) is 59.0 Å². The van der Waals surface area contributed by atoms with Crippen LogP contribution in [-0.2, 0) is 16.0 Å². The Hall–Kier alpha value is -1.50. The number of rotatable bonds is 3. The highest BCUT2D eigenvalue weighted by molar-refractivity contribution is 5.78. The number of piperazine rings is 1. The Kier molecular flexibility index (Phi) is 5.01. The lowest BCUT2D eigenvalue weighted by atomic mass is 10.1. The van der Waals surface area contributed by atoms with Crippen molar-refractivity contribution in [3.8, 4) is 0 Å². The van der Waals surface area contributed by atoms with Gasteiger partial charge in [-0.05, 0) is 36.1 Å². The fourth-order valence-corrected chi connectivity index (χ4v) is 4.26.